The van der Waals surface area contributed by atoms with Crippen molar-refractivity contribution in [3.05, 3.63) is 18.2 Å². The summed E-state index contributed by atoms with van der Waals surface area (Å²) in [5.74, 6) is 0.349. The van der Waals surface area contributed by atoms with Gasteiger partial charge in [0.25, 0.3) is 6.29 Å². The van der Waals surface area contributed by atoms with Crippen LogP contribution in [0.25, 0.3) is 0 Å². The van der Waals surface area contributed by atoms with Crippen molar-refractivity contribution in [1.29, 1.82) is 0 Å². The van der Waals surface area contributed by atoms with E-state index in [9.17, 15) is 9.59 Å². The number of hydrogen-bond donors (Lipinski definition) is 0. The largest absolute Gasteiger partial charge is 0.516 e. The van der Waals surface area contributed by atoms with E-state index < -0.39 is 18.4 Å². The number of benzene rings is 1. The highest BCUT2D eigenvalue weighted by Gasteiger charge is 2.25. The molecule has 1 aliphatic heterocycles. The summed E-state index contributed by atoms with van der Waals surface area (Å²) >= 11 is 0. The van der Waals surface area contributed by atoms with Crippen LogP contribution in [0.3, 0.4) is 0 Å². The molecular formula is C16H20O7. The SMILES string of the molecule is CC(C)C(=O)OC(OC(=O)Oc1ccc2c(c1)OCO2)C(C)C. The van der Waals surface area contributed by atoms with E-state index in [-0.39, 0.29) is 24.4 Å². The van der Waals surface area contributed by atoms with Crippen LogP contribution in [0.15, 0.2) is 18.2 Å². The van der Waals surface area contributed by atoms with Gasteiger partial charge in [0.2, 0.25) is 6.79 Å². The fraction of sp³-hybridized carbons (Fsp3) is 0.500. The molecule has 0 saturated carbocycles. The molecule has 0 bridgehead atoms. The molecule has 1 aliphatic rings. The molecule has 0 radical (unpaired) electrons. The lowest BCUT2D eigenvalue weighted by atomic mass is 10.2. The maximum absolute atomic E-state index is 11.9. The molecule has 1 aromatic rings. The Morgan fingerprint density at radius 3 is 2.39 bits per heavy atom. The molecule has 0 aliphatic carbocycles. The Balaban J connectivity index is 1.95. The molecule has 0 spiro atoms. The molecule has 7 heteroatoms. The predicted octanol–water partition coefficient (Wildman–Crippen LogP) is 3.11. The van der Waals surface area contributed by atoms with Crippen LogP contribution >= 0.6 is 0 Å². The van der Waals surface area contributed by atoms with E-state index in [1.807, 2.05) is 0 Å². The molecule has 1 heterocycles. The van der Waals surface area contributed by atoms with Gasteiger partial charge in [-0.2, -0.15) is 0 Å². The van der Waals surface area contributed by atoms with E-state index in [1.54, 1.807) is 39.8 Å². The standard InChI is InChI=1S/C16H20O7/c1-9(2)14(17)22-15(10(3)4)23-16(18)21-11-5-6-12-13(7-11)20-8-19-12/h5-7,9-10,15H,8H2,1-4H3. The van der Waals surface area contributed by atoms with Crippen LogP contribution in [0.2, 0.25) is 0 Å². The Bertz CT molecular complexity index is 580. The zero-order valence-corrected chi connectivity index (χ0v) is 13.5. The highest BCUT2D eigenvalue weighted by atomic mass is 16.8. The first-order chi connectivity index (χ1) is 10.9. The first kappa shape index (κ1) is 16.9. The third-order valence-corrected chi connectivity index (χ3v) is 3.01. The molecule has 7 nitrogen and oxygen atoms in total. The lowest BCUT2D eigenvalue weighted by molar-refractivity contribution is -0.180. The van der Waals surface area contributed by atoms with Crippen molar-refractivity contribution < 1.29 is 33.3 Å². The molecule has 1 unspecified atom stereocenters. The summed E-state index contributed by atoms with van der Waals surface area (Å²) in [4.78, 5) is 23.5. The molecule has 0 aromatic heterocycles. The molecular weight excluding hydrogens is 304 g/mol. The lowest BCUT2D eigenvalue weighted by Gasteiger charge is -2.21. The number of hydrogen-bond acceptors (Lipinski definition) is 7. The van der Waals surface area contributed by atoms with Crippen molar-refractivity contribution in [1.82, 2.24) is 0 Å². The maximum Gasteiger partial charge on any atom is 0.516 e. The number of carbonyl (C=O) groups is 2. The summed E-state index contributed by atoms with van der Waals surface area (Å²) < 4.78 is 25.7. The Morgan fingerprint density at radius 2 is 1.74 bits per heavy atom. The Kier molecular flexibility index (Phi) is 5.31. The summed E-state index contributed by atoms with van der Waals surface area (Å²) in [5, 5.41) is 0. The fourth-order valence-electron chi connectivity index (χ4n) is 1.70. The van der Waals surface area contributed by atoms with E-state index in [2.05, 4.69) is 0 Å². The summed E-state index contributed by atoms with van der Waals surface area (Å²) in [6, 6.07) is 4.71. The van der Waals surface area contributed by atoms with Crippen LogP contribution in [-0.2, 0) is 14.3 Å². The minimum Gasteiger partial charge on any atom is -0.454 e. The predicted molar refractivity (Wildman–Crippen MR) is 79.2 cm³/mol. The number of fused-ring (bicyclic) bond motifs is 1. The number of rotatable bonds is 5. The second-order valence-corrected chi connectivity index (χ2v) is 5.69. The number of ether oxygens (including phenoxy) is 5. The van der Waals surface area contributed by atoms with Gasteiger partial charge in [0.15, 0.2) is 11.5 Å². The third-order valence-electron chi connectivity index (χ3n) is 3.01. The van der Waals surface area contributed by atoms with Crippen LogP contribution in [0.1, 0.15) is 27.7 Å². The number of carbonyl (C=O) groups excluding carboxylic acids is 2. The van der Waals surface area contributed by atoms with Gasteiger partial charge in [0.05, 0.1) is 5.92 Å². The topological polar surface area (TPSA) is 80.3 Å². The first-order valence-corrected chi connectivity index (χ1v) is 7.35. The molecule has 0 N–H and O–H groups in total. The maximum atomic E-state index is 11.9. The van der Waals surface area contributed by atoms with E-state index in [0.717, 1.165) is 0 Å². The highest BCUT2D eigenvalue weighted by Crippen LogP contribution is 2.35. The van der Waals surface area contributed by atoms with Crippen molar-refractivity contribution in [2.45, 2.75) is 34.0 Å². The van der Waals surface area contributed by atoms with Crippen molar-refractivity contribution in [2.75, 3.05) is 6.79 Å². The smallest absolute Gasteiger partial charge is 0.454 e. The zero-order valence-electron chi connectivity index (χ0n) is 13.5. The Morgan fingerprint density at radius 1 is 1.04 bits per heavy atom. The minimum atomic E-state index is -1.01. The summed E-state index contributed by atoms with van der Waals surface area (Å²) in [6.07, 6.45) is -1.97. The lowest BCUT2D eigenvalue weighted by Crippen LogP contribution is -2.32. The fourth-order valence-corrected chi connectivity index (χ4v) is 1.70. The Labute approximate surface area is 134 Å². The van der Waals surface area contributed by atoms with Gasteiger partial charge in [-0.05, 0) is 12.1 Å². The molecule has 1 aromatic carbocycles. The van der Waals surface area contributed by atoms with Crippen LogP contribution < -0.4 is 14.2 Å². The van der Waals surface area contributed by atoms with Crippen molar-refractivity contribution in [3.63, 3.8) is 0 Å². The molecule has 126 valence electrons. The normalized spacial score (nSPS) is 13.8. The molecule has 0 amide bonds. The first-order valence-electron chi connectivity index (χ1n) is 7.35. The van der Waals surface area contributed by atoms with Crippen molar-refractivity contribution in [3.8, 4) is 17.2 Å². The second-order valence-electron chi connectivity index (χ2n) is 5.69. The number of esters is 1. The average Bonchev–Trinajstić information content (AvgIpc) is 2.93. The summed E-state index contributed by atoms with van der Waals surface area (Å²) in [6.45, 7) is 7.07. The van der Waals surface area contributed by atoms with Crippen molar-refractivity contribution in [2.24, 2.45) is 11.8 Å². The van der Waals surface area contributed by atoms with Crippen LogP contribution in [0.4, 0.5) is 4.79 Å². The van der Waals surface area contributed by atoms with E-state index >= 15 is 0 Å². The van der Waals surface area contributed by atoms with Crippen LogP contribution in [0, 0.1) is 11.8 Å². The van der Waals surface area contributed by atoms with Crippen LogP contribution in [0.5, 0.6) is 17.2 Å². The Hall–Kier alpha value is -2.44. The van der Waals surface area contributed by atoms with Gasteiger partial charge in [-0.3, -0.25) is 4.79 Å². The third kappa shape index (κ3) is 4.51. The highest BCUT2D eigenvalue weighted by molar-refractivity contribution is 5.72. The zero-order chi connectivity index (χ0) is 17.0. The van der Waals surface area contributed by atoms with Crippen LogP contribution in [-0.4, -0.2) is 25.2 Å². The molecule has 0 fully saturated rings. The molecule has 0 saturated heterocycles. The van der Waals surface area contributed by atoms with Crippen molar-refractivity contribution >= 4 is 12.1 Å². The second kappa shape index (κ2) is 7.21. The van der Waals surface area contributed by atoms with E-state index in [1.165, 1.54) is 6.07 Å². The molecule has 23 heavy (non-hydrogen) atoms. The quantitative estimate of drug-likeness (QED) is 0.467. The summed E-state index contributed by atoms with van der Waals surface area (Å²) in [5.41, 5.74) is 0. The van der Waals surface area contributed by atoms with Gasteiger partial charge in [0, 0.05) is 12.0 Å². The van der Waals surface area contributed by atoms with Gasteiger partial charge in [-0.15, -0.1) is 0 Å². The molecule has 1 atom stereocenters. The molecule has 2 rings (SSSR count). The van der Waals surface area contributed by atoms with Gasteiger partial charge >= 0.3 is 12.1 Å². The average molecular weight is 324 g/mol. The van der Waals surface area contributed by atoms with Gasteiger partial charge < -0.3 is 23.7 Å². The van der Waals surface area contributed by atoms with E-state index in [0.29, 0.717) is 11.5 Å². The van der Waals surface area contributed by atoms with E-state index in [4.69, 9.17) is 23.7 Å². The van der Waals surface area contributed by atoms with Gasteiger partial charge in [0.1, 0.15) is 5.75 Å². The van der Waals surface area contributed by atoms with Gasteiger partial charge in [-0.25, -0.2) is 4.79 Å². The minimum absolute atomic E-state index is 0.129. The monoisotopic (exact) mass is 324 g/mol. The van der Waals surface area contributed by atoms with Gasteiger partial charge in [-0.1, -0.05) is 27.7 Å². The summed E-state index contributed by atoms with van der Waals surface area (Å²) in [7, 11) is 0.